The second kappa shape index (κ2) is 16.3. The normalized spacial score (nSPS) is 19.3. The van der Waals surface area contributed by atoms with Gasteiger partial charge in [0.15, 0.2) is 0 Å². The van der Waals surface area contributed by atoms with Gasteiger partial charge in [-0.3, -0.25) is 14.9 Å². The molecule has 14 heteroatoms. The fourth-order valence-electron chi connectivity index (χ4n) is 4.74. The largest absolute Gasteiger partial charge is 0.480 e. The Morgan fingerprint density at radius 3 is 2.60 bits per heavy atom. The number of benzene rings is 1. The van der Waals surface area contributed by atoms with Crippen molar-refractivity contribution in [2.75, 3.05) is 42.8 Å². The molecule has 1 aromatic rings. The molecule has 0 aliphatic carbocycles. The van der Waals surface area contributed by atoms with E-state index in [1.807, 2.05) is 30.3 Å². The second-order valence-corrected chi connectivity index (χ2v) is 14.1. The predicted octanol–water partition coefficient (Wildman–Crippen LogP) is 3.09. The zero-order valence-corrected chi connectivity index (χ0v) is 25.0. The number of hydrogen-bond acceptors (Lipinski definition) is 11. The van der Waals surface area contributed by atoms with Gasteiger partial charge in [-0.05, 0) is 43.9 Å². The summed E-state index contributed by atoms with van der Waals surface area (Å²) in [7, 11) is 0. The molecule has 40 heavy (non-hydrogen) atoms. The van der Waals surface area contributed by atoms with Crippen molar-refractivity contribution < 1.29 is 34.2 Å². The van der Waals surface area contributed by atoms with Crippen molar-refractivity contribution in [3.05, 3.63) is 46.0 Å². The van der Waals surface area contributed by atoms with Crippen LogP contribution in [-0.2, 0) is 30.4 Å². The number of likely N-dealkylation sites (tertiary alicyclic amines) is 1. The zero-order valence-electron chi connectivity index (χ0n) is 22.5. The number of aliphatic carboxylic acids is 1. The Morgan fingerprint density at radius 2 is 1.93 bits per heavy atom. The summed E-state index contributed by atoms with van der Waals surface area (Å²) >= 11 is 5.02. The van der Waals surface area contributed by atoms with Crippen LogP contribution in [0.1, 0.15) is 38.2 Å². The third-order valence-corrected chi connectivity index (χ3v) is 11.1. The van der Waals surface area contributed by atoms with Gasteiger partial charge in [0.1, 0.15) is 18.7 Å². The van der Waals surface area contributed by atoms with E-state index in [0.29, 0.717) is 43.7 Å². The van der Waals surface area contributed by atoms with E-state index in [-0.39, 0.29) is 23.2 Å². The van der Waals surface area contributed by atoms with Crippen LogP contribution < -0.4 is 5.32 Å². The molecule has 2 aliphatic heterocycles. The number of thioether (sulfide) groups is 3. The lowest BCUT2D eigenvalue weighted by molar-refractivity contribution is -0.757. The molecule has 2 heterocycles. The van der Waals surface area contributed by atoms with E-state index in [0.717, 1.165) is 23.5 Å². The first kappa shape index (κ1) is 32.4. The number of esters is 1. The lowest BCUT2D eigenvalue weighted by Crippen LogP contribution is -2.53. The van der Waals surface area contributed by atoms with Gasteiger partial charge >= 0.3 is 11.9 Å². The molecule has 11 nitrogen and oxygen atoms in total. The molecular formula is C26H37N3O8S3. The summed E-state index contributed by atoms with van der Waals surface area (Å²) < 4.78 is 5.26. The number of carboxylic acids is 1. The fourth-order valence-corrected chi connectivity index (χ4v) is 8.73. The van der Waals surface area contributed by atoms with Crippen LogP contribution in [0.4, 0.5) is 0 Å². The Morgan fingerprint density at radius 1 is 1.20 bits per heavy atom. The van der Waals surface area contributed by atoms with Crippen LogP contribution in [-0.4, -0.2) is 97.9 Å². The van der Waals surface area contributed by atoms with E-state index in [1.165, 1.54) is 11.8 Å². The molecule has 0 saturated carbocycles. The summed E-state index contributed by atoms with van der Waals surface area (Å²) in [6.07, 6.45) is 2.78. The molecule has 1 aromatic carbocycles. The highest BCUT2D eigenvalue weighted by Gasteiger charge is 2.52. The van der Waals surface area contributed by atoms with Crippen molar-refractivity contribution in [2.24, 2.45) is 0 Å². The number of nitrogens with one attached hydrogen (secondary N) is 1. The minimum Gasteiger partial charge on any atom is -0.480 e. The monoisotopic (exact) mass is 615 g/mol. The predicted molar refractivity (Wildman–Crippen MR) is 157 cm³/mol. The Bertz CT molecular complexity index is 997. The van der Waals surface area contributed by atoms with E-state index in [2.05, 4.69) is 10.2 Å². The Hall–Kier alpha value is -2.16. The summed E-state index contributed by atoms with van der Waals surface area (Å²) in [6, 6.07) is 7.45. The molecule has 2 N–H and O–H groups in total. The second-order valence-electron chi connectivity index (χ2n) is 9.64. The number of ether oxygens (including phenoxy) is 1. The van der Waals surface area contributed by atoms with E-state index < -0.39 is 35.2 Å². The van der Waals surface area contributed by atoms with Crippen LogP contribution in [0.5, 0.6) is 0 Å². The van der Waals surface area contributed by atoms with Crippen molar-refractivity contribution >= 4 is 53.1 Å². The van der Waals surface area contributed by atoms with Crippen molar-refractivity contribution in [3.63, 3.8) is 0 Å². The highest BCUT2D eigenvalue weighted by molar-refractivity contribution is 8.21. The first-order chi connectivity index (χ1) is 19.2. The lowest BCUT2D eigenvalue weighted by Gasteiger charge is -2.28. The van der Waals surface area contributed by atoms with Crippen LogP contribution in [0, 0.1) is 10.1 Å². The summed E-state index contributed by atoms with van der Waals surface area (Å²) in [4.78, 5) is 54.6. The molecule has 3 atom stereocenters. The van der Waals surface area contributed by atoms with Crippen molar-refractivity contribution in [3.8, 4) is 0 Å². The van der Waals surface area contributed by atoms with Gasteiger partial charge in [0.25, 0.3) is 5.09 Å². The number of aryl methyl sites for hydroxylation is 1. The number of carbonyl (C=O) groups excluding carboxylic acids is 2. The van der Waals surface area contributed by atoms with Gasteiger partial charge in [0.05, 0.1) is 16.7 Å². The molecular weight excluding hydrogens is 579 g/mol. The van der Waals surface area contributed by atoms with Crippen molar-refractivity contribution in [1.29, 1.82) is 0 Å². The topological polar surface area (TPSA) is 148 Å². The van der Waals surface area contributed by atoms with Gasteiger partial charge < -0.3 is 19.6 Å². The molecule has 2 aliphatic rings. The third-order valence-electron chi connectivity index (χ3n) is 6.68. The minimum atomic E-state index is -1.01. The van der Waals surface area contributed by atoms with Crippen molar-refractivity contribution in [2.45, 2.75) is 61.2 Å². The van der Waals surface area contributed by atoms with Gasteiger partial charge in [-0.1, -0.05) is 30.3 Å². The summed E-state index contributed by atoms with van der Waals surface area (Å²) in [5.41, 5.74) is 1.13. The number of nitrogens with zero attached hydrogens (tertiary/aromatic N) is 2. The van der Waals surface area contributed by atoms with Gasteiger partial charge in [0.2, 0.25) is 5.91 Å². The number of amides is 1. The molecule has 2 fully saturated rings. The highest BCUT2D eigenvalue weighted by Crippen LogP contribution is 2.52. The van der Waals surface area contributed by atoms with Crippen LogP contribution in [0.15, 0.2) is 30.3 Å². The van der Waals surface area contributed by atoms with E-state index in [1.54, 1.807) is 35.3 Å². The maximum atomic E-state index is 13.6. The first-order valence-electron chi connectivity index (χ1n) is 13.3. The molecule has 1 amide bonds. The molecule has 0 aromatic heterocycles. The number of rotatable bonds is 17. The molecule has 1 spiro atoms. The Labute approximate surface area is 247 Å². The van der Waals surface area contributed by atoms with E-state index in [4.69, 9.17) is 4.74 Å². The third kappa shape index (κ3) is 10.0. The maximum absolute atomic E-state index is 13.6. The molecule has 3 unspecified atom stereocenters. The molecule has 222 valence electrons. The Balaban J connectivity index is 1.52. The van der Waals surface area contributed by atoms with Crippen LogP contribution in [0.3, 0.4) is 0 Å². The zero-order chi connectivity index (χ0) is 29.0. The van der Waals surface area contributed by atoms with E-state index in [9.17, 15) is 29.6 Å². The number of carbonyl (C=O) groups is 3. The molecule has 2 saturated heterocycles. The van der Waals surface area contributed by atoms with Crippen LogP contribution >= 0.6 is 35.3 Å². The standard InChI is InChI=1S/C26H37N3O8S3/c1-19(27-21(24(31)32)10-5-9-20-7-3-2-4-8-20)23(30)28-18-26(39-15-16-40-26)17-22(28)25(33)36-12-14-38-13-6-11-37-29(34)35/h2-4,7-8,19,21-22,27H,5-6,9-18H2,1H3,(H,31,32). The highest BCUT2D eigenvalue weighted by atomic mass is 32.2. The van der Waals surface area contributed by atoms with Gasteiger partial charge in [-0.15, -0.1) is 33.6 Å². The van der Waals surface area contributed by atoms with Gasteiger partial charge in [-0.25, -0.2) is 4.79 Å². The summed E-state index contributed by atoms with van der Waals surface area (Å²) in [5.74, 6) is 1.28. The van der Waals surface area contributed by atoms with E-state index >= 15 is 0 Å². The minimum absolute atomic E-state index is 0.0261. The van der Waals surface area contributed by atoms with Crippen LogP contribution in [0.2, 0.25) is 0 Å². The average Bonchev–Trinajstić information content (AvgIpc) is 3.56. The molecule has 3 rings (SSSR count). The van der Waals surface area contributed by atoms with Gasteiger partial charge in [0, 0.05) is 30.2 Å². The summed E-state index contributed by atoms with van der Waals surface area (Å²) in [6.45, 7) is 2.25. The molecule has 0 radical (unpaired) electrons. The quantitative estimate of drug-likeness (QED) is 0.115. The van der Waals surface area contributed by atoms with Crippen molar-refractivity contribution in [1.82, 2.24) is 10.2 Å². The maximum Gasteiger partial charge on any atom is 0.328 e. The lowest BCUT2D eigenvalue weighted by atomic mass is 10.0. The number of hydrogen-bond donors (Lipinski definition) is 2. The number of carboxylic acid groups (broad SMARTS) is 1. The average molecular weight is 616 g/mol. The van der Waals surface area contributed by atoms with Crippen LogP contribution in [0.25, 0.3) is 0 Å². The molecule has 0 bridgehead atoms. The summed E-state index contributed by atoms with van der Waals surface area (Å²) in [5, 5.41) is 22.1. The Kier molecular flexibility index (Phi) is 13.2. The smallest absolute Gasteiger partial charge is 0.328 e. The van der Waals surface area contributed by atoms with Gasteiger partial charge in [-0.2, -0.15) is 11.8 Å². The first-order valence-corrected chi connectivity index (χ1v) is 16.5. The fraction of sp³-hybridized carbons (Fsp3) is 0.654. The SMILES string of the molecule is CC(NC(CCCc1ccccc1)C(=O)O)C(=O)N1CC2(CC1C(=O)OCCSCCCO[N+](=O)[O-])SCCS2.